The standard InChI is InChI=1S/C33H43N9O10S3/c1-49-19-5-6-21-20(17-19)29(38-37-21)42(33-35-11-7-27(34)36-33)18-15-25(50-39-22(30(43)44)8-12-53-2)28(52-41-24(32(47)48)10-14-55-4)26(16-18)51-40-23(31(45)46)9-13-54-3/h5-7,11,15-17,22-24,39-41H,8-10,12-14H2,1-4H3,(H,37,38)(H,43,44)(H,45,46)(H,47,48)(H2,34,35,36)/t22-,23-,24-/m0/s1. The van der Waals surface area contributed by atoms with Crippen LogP contribution >= 0.6 is 35.3 Å². The highest BCUT2D eigenvalue weighted by atomic mass is 32.2. The lowest BCUT2D eigenvalue weighted by Gasteiger charge is -2.25. The summed E-state index contributed by atoms with van der Waals surface area (Å²) in [6.07, 6.45) is 7.44. The molecule has 22 heteroatoms. The van der Waals surface area contributed by atoms with Crippen molar-refractivity contribution in [2.45, 2.75) is 37.4 Å². The van der Waals surface area contributed by atoms with Gasteiger partial charge >= 0.3 is 17.9 Å². The van der Waals surface area contributed by atoms with E-state index in [1.165, 1.54) is 71.7 Å². The first-order valence-electron chi connectivity index (χ1n) is 16.5. The van der Waals surface area contributed by atoms with Crippen molar-refractivity contribution in [2.75, 3.05) is 53.8 Å². The Morgan fingerprint density at radius 2 is 1.35 bits per heavy atom. The normalized spacial score (nSPS) is 12.8. The van der Waals surface area contributed by atoms with E-state index in [9.17, 15) is 29.7 Å². The Hall–Kier alpha value is -4.87. The number of benzene rings is 2. The zero-order valence-electron chi connectivity index (χ0n) is 30.3. The highest BCUT2D eigenvalue weighted by Crippen LogP contribution is 2.45. The van der Waals surface area contributed by atoms with E-state index in [1.54, 1.807) is 18.2 Å². The van der Waals surface area contributed by atoms with Crippen molar-refractivity contribution in [2.24, 2.45) is 0 Å². The molecule has 298 valence electrons. The van der Waals surface area contributed by atoms with Gasteiger partial charge in [-0.25, -0.2) is 4.98 Å². The first kappa shape index (κ1) is 42.9. The fraction of sp³-hybridized carbons (Fsp3) is 0.394. The molecule has 0 saturated heterocycles. The number of carbonyl (C=O) groups is 3. The van der Waals surface area contributed by atoms with Crippen molar-refractivity contribution < 1.29 is 49.0 Å². The van der Waals surface area contributed by atoms with Crippen LogP contribution in [0.15, 0.2) is 42.6 Å². The highest BCUT2D eigenvalue weighted by molar-refractivity contribution is 7.98. The average molecular weight is 822 g/mol. The summed E-state index contributed by atoms with van der Waals surface area (Å²) in [4.78, 5) is 64.8. The number of anilines is 4. The second-order valence-corrected chi connectivity index (χ2v) is 14.5. The largest absolute Gasteiger partial charge is 0.497 e. The number of methoxy groups -OCH3 is 1. The van der Waals surface area contributed by atoms with E-state index < -0.39 is 36.0 Å². The average Bonchev–Trinajstić information content (AvgIpc) is 3.57. The van der Waals surface area contributed by atoms with Crippen molar-refractivity contribution in [1.29, 1.82) is 0 Å². The van der Waals surface area contributed by atoms with Gasteiger partial charge in [-0.15, -0.1) is 16.4 Å². The van der Waals surface area contributed by atoms with Gasteiger partial charge in [0.25, 0.3) is 0 Å². The molecule has 0 bridgehead atoms. The van der Waals surface area contributed by atoms with E-state index in [-0.39, 0.29) is 59.8 Å². The van der Waals surface area contributed by atoms with E-state index in [0.717, 1.165) is 0 Å². The molecule has 4 rings (SSSR count). The number of hydroxylamine groups is 3. The number of nitrogen functional groups attached to an aromatic ring is 1. The Labute approximate surface area is 328 Å². The molecular formula is C33H43N9O10S3. The van der Waals surface area contributed by atoms with Gasteiger partial charge in [0.1, 0.15) is 29.7 Å². The number of aliphatic carboxylic acids is 3. The minimum Gasteiger partial charge on any atom is -0.497 e. The third-order valence-corrected chi connectivity index (χ3v) is 9.67. The first-order chi connectivity index (χ1) is 26.5. The molecule has 0 aliphatic heterocycles. The molecular weight excluding hydrogens is 779 g/mol. The van der Waals surface area contributed by atoms with E-state index in [2.05, 4.69) is 36.6 Å². The number of carboxylic acid groups (broad SMARTS) is 3. The van der Waals surface area contributed by atoms with Gasteiger partial charge in [-0.05, 0) is 79.6 Å². The van der Waals surface area contributed by atoms with Crippen LogP contribution < -0.4 is 46.3 Å². The van der Waals surface area contributed by atoms with Crippen LogP contribution in [-0.2, 0) is 14.4 Å². The molecule has 0 radical (unpaired) electrons. The monoisotopic (exact) mass is 821 g/mol. The molecule has 0 aliphatic rings. The van der Waals surface area contributed by atoms with Crippen molar-refractivity contribution in [3.05, 3.63) is 42.6 Å². The number of aromatic nitrogens is 4. The maximum absolute atomic E-state index is 12.2. The molecule has 0 aliphatic carbocycles. The highest BCUT2D eigenvalue weighted by Gasteiger charge is 2.29. The Bertz CT molecular complexity index is 1860. The zero-order valence-corrected chi connectivity index (χ0v) is 32.8. The summed E-state index contributed by atoms with van der Waals surface area (Å²) in [6.45, 7) is 0. The van der Waals surface area contributed by atoms with Crippen LogP contribution in [0, 0.1) is 0 Å². The predicted molar refractivity (Wildman–Crippen MR) is 212 cm³/mol. The fourth-order valence-electron chi connectivity index (χ4n) is 4.83. The number of thioether (sulfide) groups is 3. The zero-order chi connectivity index (χ0) is 39.9. The number of nitrogens with zero attached hydrogens (tertiary/aromatic N) is 4. The number of nitrogens with one attached hydrogen (secondary N) is 4. The topological polar surface area (TPSA) is 269 Å². The molecule has 2 aromatic heterocycles. The molecule has 2 heterocycles. The van der Waals surface area contributed by atoms with Crippen molar-refractivity contribution >= 4 is 87.4 Å². The number of aromatic amines is 1. The predicted octanol–water partition coefficient (Wildman–Crippen LogP) is 3.68. The van der Waals surface area contributed by atoms with Crippen LogP contribution in [0.4, 0.5) is 23.3 Å². The second-order valence-electron chi connectivity index (χ2n) is 11.5. The Morgan fingerprint density at radius 1 is 0.818 bits per heavy atom. The molecule has 0 spiro atoms. The molecule has 0 unspecified atom stereocenters. The lowest BCUT2D eigenvalue weighted by atomic mass is 10.2. The van der Waals surface area contributed by atoms with Gasteiger partial charge in [0.2, 0.25) is 11.7 Å². The molecule has 2 aromatic carbocycles. The lowest BCUT2D eigenvalue weighted by molar-refractivity contribution is -0.143. The summed E-state index contributed by atoms with van der Waals surface area (Å²) in [5, 5.41) is 37.9. The molecule has 9 N–H and O–H groups in total. The van der Waals surface area contributed by atoms with Gasteiger partial charge in [0.15, 0.2) is 17.3 Å². The van der Waals surface area contributed by atoms with Crippen molar-refractivity contribution in [3.8, 4) is 23.0 Å². The molecule has 0 saturated carbocycles. The van der Waals surface area contributed by atoms with Gasteiger partial charge < -0.3 is 40.3 Å². The summed E-state index contributed by atoms with van der Waals surface area (Å²) in [7, 11) is 1.52. The van der Waals surface area contributed by atoms with Gasteiger partial charge in [-0.2, -0.15) is 45.4 Å². The number of carboxylic acids is 3. The number of ether oxygens (including phenoxy) is 1. The Kier molecular flexibility index (Phi) is 16.6. The number of rotatable bonds is 25. The number of H-pyrrole nitrogens is 1. The molecule has 3 atom stereocenters. The second kappa shape index (κ2) is 21.3. The molecule has 0 amide bonds. The number of nitrogens with two attached hydrogens (primary N) is 1. The quantitative estimate of drug-likeness (QED) is 0.0443. The third kappa shape index (κ3) is 11.8. The van der Waals surface area contributed by atoms with Crippen LogP contribution in [0.5, 0.6) is 23.0 Å². The lowest BCUT2D eigenvalue weighted by Crippen LogP contribution is -2.41. The van der Waals surface area contributed by atoms with Gasteiger partial charge in [0, 0.05) is 23.7 Å². The molecule has 0 fully saturated rings. The smallest absolute Gasteiger partial charge is 0.324 e. The number of fused-ring (bicyclic) bond motifs is 1. The SMILES string of the molecule is COc1ccc2[nH]nc(N(c3cc(ON[C@@H](CCSC)C(=O)O)c(ON[C@@H](CCSC)C(=O)O)c(ON[C@@H](CCSC)C(=O)O)c3)c3nccc(N)n3)c2c1. The summed E-state index contributed by atoms with van der Waals surface area (Å²) in [5.41, 5.74) is 14.6. The van der Waals surface area contributed by atoms with E-state index in [0.29, 0.717) is 33.9 Å². The van der Waals surface area contributed by atoms with Crippen molar-refractivity contribution in [3.63, 3.8) is 0 Å². The van der Waals surface area contributed by atoms with E-state index in [4.69, 9.17) is 25.0 Å². The van der Waals surface area contributed by atoms with E-state index >= 15 is 0 Å². The van der Waals surface area contributed by atoms with Crippen molar-refractivity contribution in [1.82, 2.24) is 36.6 Å². The maximum atomic E-state index is 12.2. The minimum absolute atomic E-state index is 0.0376. The fourth-order valence-corrected chi connectivity index (χ4v) is 6.24. The van der Waals surface area contributed by atoms with Gasteiger partial charge in [-0.1, -0.05) is 0 Å². The summed E-state index contributed by atoms with van der Waals surface area (Å²) in [5.74, 6) is -1.88. The molecule has 55 heavy (non-hydrogen) atoms. The minimum atomic E-state index is -1.20. The number of hydrogen-bond donors (Lipinski definition) is 8. The Morgan fingerprint density at radius 3 is 1.82 bits per heavy atom. The van der Waals surface area contributed by atoms with Gasteiger partial charge in [-0.3, -0.25) is 24.4 Å². The van der Waals surface area contributed by atoms with Gasteiger partial charge in [0.05, 0.1) is 18.3 Å². The van der Waals surface area contributed by atoms with E-state index in [1.807, 2.05) is 18.8 Å². The third-order valence-electron chi connectivity index (χ3n) is 7.74. The molecule has 19 nitrogen and oxygen atoms in total. The van der Waals surface area contributed by atoms with Crippen LogP contribution in [0.2, 0.25) is 0 Å². The first-order valence-corrected chi connectivity index (χ1v) is 20.7. The maximum Gasteiger partial charge on any atom is 0.324 e. The van der Waals surface area contributed by atoms with Crippen LogP contribution in [0.1, 0.15) is 19.3 Å². The summed E-state index contributed by atoms with van der Waals surface area (Å²) < 4.78 is 5.47. The van der Waals surface area contributed by atoms with Crippen LogP contribution in [-0.4, -0.2) is 115 Å². The Balaban J connectivity index is 1.97. The van der Waals surface area contributed by atoms with Crippen LogP contribution in [0.25, 0.3) is 10.9 Å². The van der Waals surface area contributed by atoms with Crippen LogP contribution in [0.3, 0.4) is 0 Å². The number of hydrogen-bond acceptors (Lipinski definition) is 18. The summed E-state index contributed by atoms with van der Waals surface area (Å²) >= 11 is 4.32. The summed E-state index contributed by atoms with van der Waals surface area (Å²) in [6, 6.07) is 6.02. The molecule has 4 aromatic rings.